The quantitative estimate of drug-likeness (QED) is 0.919. The second-order valence-corrected chi connectivity index (χ2v) is 7.01. The number of thiophene rings is 1. The summed E-state index contributed by atoms with van der Waals surface area (Å²) in [5.41, 5.74) is 6.93. The minimum Gasteiger partial charge on any atom is -0.369 e. The molecule has 1 unspecified atom stereocenters. The standard InChI is InChI=1S/C15H18N4OS/c16-13(20)9-3-2-6-19(7-9)14-12-10-4-1-5-11(10)21-15(12)18-8-17-14/h8-9H,1-7H2,(H2,16,20). The molecule has 6 heteroatoms. The van der Waals surface area contributed by atoms with E-state index in [1.807, 2.05) is 0 Å². The molecule has 1 amide bonds. The van der Waals surface area contributed by atoms with E-state index in [0.29, 0.717) is 6.54 Å². The molecule has 1 saturated heterocycles. The van der Waals surface area contributed by atoms with Crippen LogP contribution in [0.1, 0.15) is 29.7 Å². The molecule has 2 aromatic rings. The first-order chi connectivity index (χ1) is 10.2. The molecule has 0 spiro atoms. The maximum absolute atomic E-state index is 11.5. The first-order valence-corrected chi connectivity index (χ1v) is 8.35. The second-order valence-electron chi connectivity index (χ2n) is 5.92. The fourth-order valence-corrected chi connectivity index (χ4v) is 4.78. The van der Waals surface area contributed by atoms with Crippen molar-refractivity contribution in [2.24, 2.45) is 11.7 Å². The predicted molar refractivity (Wildman–Crippen MR) is 83.6 cm³/mol. The van der Waals surface area contributed by atoms with Gasteiger partial charge in [0.05, 0.1) is 11.3 Å². The Labute approximate surface area is 127 Å². The topological polar surface area (TPSA) is 72.1 Å². The Kier molecular flexibility index (Phi) is 3.06. The predicted octanol–water partition coefficient (Wildman–Crippen LogP) is 1.88. The van der Waals surface area contributed by atoms with Crippen molar-refractivity contribution < 1.29 is 4.79 Å². The third kappa shape index (κ3) is 2.09. The number of hydrogen-bond acceptors (Lipinski definition) is 5. The average molecular weight is 302 g/mol. The average Bonchev–Trinajstić information content (AvgIpc) is 3.07. The number of nitrogens with zero attached hydrogens (tertiary/aromatic N) is 3. The van der Waals surface area contributed by atoms with Gasteiger partial charge in [-0.25, -0.2) is 9.97 Å². The van der Waals surface area contributed by atoms with E-state index >= 15 is 0 Å². The molecule has 0 saturated carbocycles. The zero-order valence-electron chi connectivity index (χ0n) is 11.8. The molecular weight excluding hydrogens is 284 g/mol. The molecule has 2 N–H and O–H groups in total. The van der Waals surface area contributed by atoms with Crippen molar-refractivity contribution >= 4 is 33.3 Å². The second kappa shape index (κ2) is 4.94. The Bertz CT molecular complexity index is 711. The lowest BCUT2D eigenvalue weighted by Crippen LogP contribution is -2.41. The van der Waals surface area contributed by atoms with Crippen LogP contribution in [0.3, 0.4) is 0 Å². The third-order valence-electron chi connectivity index (χ3n) is 4.60. The highest BCUT2D eigenvalue weighted by molar-refractivity contribution is 7.19. The van der Waals surface area contributed by atoms with Crippen molar-refractivity contribution in [3.8, 4) is 0 Å². The van der Waals surface area contributed by atoms with Crippen LogP contribution in [0.2, 0.25) is 0 Å². The lowest BCUT2D eigenvalue weighted by atomic mass is 9.97. The summed E-state index contributed by atoms with van der Waals surface area (Å²) in [6.45, 7) is 1.63. The van der Waals surface area contributed by atoms with Gasteiger partial charge in [-0.15, -0.1) is 11.3 Å². The van der Waals surface area contributed by atoms with Crippen LogP contribution >= 0.6 is 11.3 Å². The summed E-state index contributed by atoms with van der Waals surface area (Å²) in [7, 11) is 0. The highest BCUT2D eigenvalue weighted by atomic mass is 32.1. The van der Waals surface area contributed by atoms with E-state index < -0.39 is 0 Å². The van der Waals surface area contributed by atoms with Crippen LogP contribution in [0.5, 0.6) is 0 Å². The van der Waals surface area contributed by atoms with E-state index in [2.05, 4.69) is 14.9 Å². The molecule has 0 aromatic carbocycles. The SMILES string of the molecule is NC(=O)C1CCCN(c2ncnc3sc4c(c23)CCC4)C1. The van der Waals surface area contributed by atoms with E-state index in [4.69, 9.17) is 5.73 Å². The lowest BCUT2D eigenvalue weighted by Gasteiger charge is -2.32. The molecule has 0 radical (unpaired) electrons. The zero-order valence-corrected chi connectivity index (χ0v) is 12.7. The number of hydrogen-bond donors (Lipinski definition) is 1. The lowest BCUT2D eigenvalue weighted by molar-refractivity contribution is -0.122. The first-order valence-electron chi connectivity index (χ1n) is 7.53. The minimum atomic E-state index is -0.194. The first kappa shape index (κ1) is 13.0. The number of primary amides is 1. The zero-order chi connectivity index (χ0) is 14.4. The maximum Gasteiger partial charge on any atom is 0.222 e. The van der Waals surface area contributed by atoms with Crippen molar-refractivity contribution in [2.75, 3.05) is 18.0 Å². The van der Waals surface area contributed by atoms with Gasteiger partial charge < -0.3 is 10.6 Å². The number of piperidine rings is 1. The number of anilines is 1. The van der Waals surface area contributed by atoms with Gasteiger partial charge >= 0.3 is 0 Å². The van der Waals surface area contributed by atoms with Crippen LogP contribution in [0.4, 0.5) is 5.82 Å². The highest BCUT2D eigenvalue weighted by Crippen LogP contribution is 2.40. The molecule has 1 atom stereocenters. The molecule has 2 aromatic heterocycles. The third-order valence-corrected chi connectivity index (χ3v) is 5.80. The maximum atomic E-state index is 11.5. The van der Waals surface area contributed by atoms with Gasteiger partial charge in [0, 0.05) is 18.0 Å². The van der Waals surface area contributed by atoms with Crippen molar-refractivity contribution in [2.45, 2.75) is 32.1 Å². The van der Waals surface area contributed by atoms with Gasteiger partial charge in [0.25, 0.3) is 0 Å². The Morgan fingerprint density at radius 2 is 2.24 bits per heavy atom. The van der Waals surface area contributed by atoms with Crippen LogP contribution < -0.4 is 10.6 Å². The molecular formula is C15H18N4OS. The normalized spacial score (nSPS) is 21.7. The molecule has 3 heterocycles. The van der Waals surface area contributed by atoms with Crippen molar-refractivity contribution in [3.05, 3.63) is 16.8 Å². The number of carbonyl (C=O) groups excluding carboxylic acids is 1. The Morgan fingerprint density at radius 1 is 1.33 bits per heavy atom. The molecule has 1 aliphatic heterocycles. The summed E-state index contributed by atoms with van der Waals surface area (Å²) < 4.78 is 0. The highest BCUT2D eigenvalue weighted by Gasteiger charge is 2.28. The van der Waals surface area contributed by atoms with Crippen LogP contribution in [-0.4, -0.2) is 29.0 Å². The molecule has 0 bridgehead atoms. The number of fused-ring (bicyclic) bond motifs is 3. The van der Waals surface area contributed by atoms with Gasteiger partial charge in [-0.3, -0.25) is 4.79 Å². The molecule has 2 aliphatic rings. The van der Waals surface area contributed by atoms with Gasteiger partial charge in [-0.1, -0.05) is 0 Å². The molecule has 1 aliphatic carbocycles. The van der Waals surface area contributed by atoms with Crippen LogP contribution in [0.25, 0.3) is 10.2 Å². The van der Waals surface area contributed by atoms with Gasteiger partial charge in [-0.2, -0.15) is 0 Å². The van der Waals surface area contributed by atoms with Gasteiger partial charge in [0.1, 0.15) is 17.0 Å². The number of carbonyl (C=O) groups is 1. The van der Waals surface area contributed by atoms with E-state index in [1.165, 1.54) is 28.7 Å². The smallest absolute Gasteiger partial charge is 0.222 e. The summed E-state index contributed by atoms with van der Waals surface area (Å²) in [6.07, 6.45) is 7.06. The van der Waals surface area contributed by atoms with Crippen LogP contribution in [0.15, 0.2) is 6.33 Å². The largest absolute Gasteiger partial charge is 0.369 e. The monoisotopic (exact) mass is 302 g/mol. The Balaban J connectivity index is 1.78. The van der Waals surface area contributed by atoms with Gasteiger partial charge in [0.15, 0.2) is 0 Å². The Morgan fingerprint density at radius 3 is 3.10 bits per heavy atom. The molecule has 21 heavy (non-hydrogen) atoms. The molecule has 1 fully saturated rings. The van der Waals surface area contributed by atoms with Gasteiger partial charge in [0.2, 0.25) is 5.91 Å². The number of amides is 1. The molecule has 4 rings (SSSR count). The fraction of sp³-hybridized carbons (Fsp3) is 0.533. The van der Waals surface area contributed by atoms with Crippen molar-refractivity contribution in [1.29, 1.82) is 0 Å². The van der Waals surface area contributed by atoms with E-state index in [0.717, 1.165) is 36.5 Å². The number of aryl methyl sites for hydroxylation is 2. The van der Waals surface area contributed by atoms with E-state index in [1.54, 1.807) is 17.7 Å². The van der Waals surface area contributed by atoms with E-state index in [9.17, 15) is 4.79 Å². The molecule has 110 valence electrons. The summed E-state index contributed by atoms with van der Waals surface area (Å²) in [5.74, 6) is 0.751. The van der Waals surface area contributed by atoms with Crippen molar-refractivity contribution in [1.82, 2.24) is 9.97 Å². The number of aromatic nitrogens is 2. The summed E-state index contributed by atoms with van der Waals surface area (Å²) in [6, 6.07) is 0. The summed E-state index contributed by atoms with van der Waals surface area (Å²) >= 11 is 1.80. The number of rotatable bonds is 2. The minimum absolute atomic E-state index is 0.0598. The van der Waals surface area contributed by atoms with Gasteiger partial charge in [-0.05, 0) is 37.7 Å². The van der Waals surface area contributed by atoms with Crippen LogP contribution in [-0.2, 0) is 17.6 Å². The fourth-order valence-electron chi connectivity index (χ4n) is 3.55. The summed E-state index contributed by atoms with van der Waals surface area (Å²) in [5, 5.41) is 1.22. The van der Waals surface area contributed by atoms with Crippen molar-refractivity contribution in [3.63, 3.8) is 0 Å². The summed E-state index contributed by atoms with van der Waals surface area (Å²) in [4.78, 5) is 25.3. The number of nitrogens with two attached hydrogens (primary N) is 1. The van der Waals surface area contributed by atoms with Crippen LogP contribution in [0, 0.1) is 5.92 Å². The molecule has 5 nitrogen and oxygen atoms in total. The van der Waals surface area contributed by atoms with E-state index in [-0.39, 0.29) is 11.8 Å². The Hall–Kier alpha value is -1.69.